The number of nitrogens with two attached hydrogens (primary N) is 1. The number of rotatable bonds is 5. The van der Waals surface area contributed by atoms with E-state index < -0.39 is 11.2 Å². The van der Waals surface area contributed by atoms with Crippen molar-refractivity contribution in [2.75, 3.05) is 12.4 Å². The van der Waals surface area contributed by atoms with E-state index >= 15 is 0 Å². The van der Waals surface area contributed by atoms with Gasteiger partial charge in [0.15, 0.2) is 5.82 Å². The lowest BCUT2D eigenvalue weighted by molar-refractivity contribution is -0.114. The molecule has 1 unspecified atom stereocenters. The fourth-order valence-electron chi connectivity index (χ4n) is 4.88. The van der Waals surface area contributed by atoms with E-state index in [0.29, 0.717) is 36.3 Å². The third-order valence-corrected chi connectivity index (χ3v) is 6.08. The number of benzene rings is 2. The number of aromatic amines is 1. The molecule has 4 rings (SSSR count). The SMILES string of the molecule is CNC(=O)c1ccc2c(c1)CCc1cc(NC(C)=O)ccc1C2(C[C@H](C)N)c1noc(=O)[nH]1. The number of H-pyrrole nitrogens is 1. The molecular formula is C24H27N5O4. The van der Waals surface area contributed by atoms with E-state index in [1.165, 1.54) is 6.92 Å². The normalized spacial score (nSPS) is 17.9. The fourth-order valence-corrected chi connectivity index (χ4v) is 4.88. The number of carbonyl (C=O) groups excluding carboxylic acids is 2. The van der Waals surface area contributed by atoms with Gasteiger partial charge >= 0.3 is 5.76 Å². The molecule has 0 spiro atoms. The smallest absolute Gasteiger partial charge is 0.355 e. The van der Waals surface area contributed by atoms with Crippen molar-refractivity contribution in [1.29, 1.82) is 0 Å². The molecule has 0 saturated heterocycles. The summed E-state index contributed by atoms with van der Waals surface area (Å²) in [4.78, 5) is 38.7. The molecule has 2 aromatic carbocycles. The largest absolute Gasteiger partial charge is 0.438 e. The van der Waals surface area contributed by atoms with E-state index in [4.69, 9.17) is 10.3 Å². The van der Waals surface area contributed by atoms with Gasteiger partial charge in [-0.1, -0.05) is 17.3 Å². The lowest BCUT2D eigenvalue weighted by Crippen LogP contribution is -2.38. The highest BCUT2D eigenvalue weighted by molar-refractivity contribution is 5.94. The monoisotopic (exact) mass is 449 g/mol. The summed E-state index contributed by atoms with van der Waals surface area (Å²) >= 11 is 0. The Balaban J connectivity index is 2.03. The van der Waals surface area contributed by atoms with Gasteiger partial charge in [-0.3, -0.25) is 19.1 Å². The number of hydrogen-bond donors (Lipinski definition) is 4. The summed E-state index contributed by atoms with van der Waals surface area (Å²) in [6.45, 7) is 3.36. The second kappa shape index (κ2) is 8.67. The molecule has 0 bridgehead atoms. The molecule has 0 radical (unpaired) electrons. The van der Waals surface area contributed by atoms with Gasteiger partial charge in [0, 0.05) is 31.3 Å². The predicted octanol–water partition coefficient (Wildman–Crippen LogP) is 1.85. The highest BCUT2D eigenvalue weighted by Crippen LogP contribution is 2.47. The summed E-state index contributed by atoms with van der Waals surface area (Å²) in [5.41, 5.74) is 10.4. The van der Waals surface area contributed by atoms with Crippen molar-refractivity contribution < 1.29 is 14.1 Å². The summed E-state index contributed by atoms with van der Waals surface area (Å²) in [5, 5.41) is 9.59. The number of aromatic nitrogens is 2. The average Bonchev–Trinajstić information content (AvgIpc) is 3.16. The van der Waals surface area contributed by atoms with E-state index in [2.05, 4.69) is 20.8 Å². The molecular weight excluding hydrogens is 422 g/mol. The Kier molecular flexibility index (Phi) is 5.90. The zero-order valence-electron chi connectivity index (χ0n) is 18.8. The highest BCUT2D eigenvalue weighted by Gasteiger charge is 2.45. The number of fused-ring (bicyclic) bond motifs is 2. The Hall–Kier alpha value is -3.72. The van der Waals surface area contributed by atoms with Crippen LogP contribution in [0.2, 0.25) is 0 Å². The maximum absolute atomic E-state index is 12.3. The molecule has 2 amide bonds. The van der Waals surface area contributed by atoms with Crippen LogP contribution in [0.4, 0.5) is 5.69 Å². The molecule has 33 heavy (non-hydrogen) atoms. The molecule has 0 saturated carbocycles. The minimum Gasteiger partial charge on any atom is -0.355 e. The van der Waals surface area contributed by atoms with Crippen LogP contribution in [-0.4, -0.2) is 35.0 Å². The Bertz CT molecular complexity index is 1280. The van der Waals surface area contributed by atoms with Crippen LogP contribution >= 0.6 is 0 Å². The van der Waals surface area contributed by atoms with Gasteiger partial charge < -0.3 is 16.4 Å². The fraction of sp³-hybridized carbons (Fsp3) is 0.333. The maximum Gasteiger partial charge on any atom is 0.438 e. The van der Waals surface area contributed by atoms with Crippen LogP contribution < -0.4 is 22.1 Å². The number of nitrogens with one attached hydrogen (secondary N) is 3. The Morgan fingerprint density at radius 3 is 2.42 bits per heavy atom. The van der Waals surface area contributed by atoms with E-state index in [1.807, 2.05) is 37.3 Å². The lowest BCUT2D eigenvalue weighted by atomic mass is 9.68. The first-order valence-electron chi connectivity index (χ1n) is 10.8. The quantitative estimate of drug-likeness (QED) is 0.468. The van der Waals surface area contributed by atoms with Gasteiger partial charge in [-0.25, -0.2) is 4.79 Å². The minimum atomic E-state index is -0.905. The van der Waals surface area contributed by atoms with Crippen LogP contribution in [0.3, 0.4) is 0 Å². The third kappa shape index (κ3) is 4.07. The van der Waals surface area contributed by atoms with Crippen molar-refractivity contribution >= 4 is 17.5 Å². The number of hydrogen-bond acceptors (Lipinski definition) is 6. The highest BCUT2D eigenvalue weighted by atomic mass is 16.5. The van der Waals surface area contributed by atoms with Gasteiger partial charge in [0.1, 0.15) is 0 Å². The van der Waals surface area contributed by atoms with Crippen LogP contribution in [0, 0.1) is 0 Å². The predicted molar refractivity (Wildman–Crippen MR) is 123 cm³/mol. The van der Waals surface area contributed by atoms with Crippen molar-refractivity contribution in [3.05, 3.63) is 80.6 Å². The first-order valence-corrected chi connectivity index (χ1v) is 10.8. The summed E-state index contributed by atoms with van der Waals surface area (Å²) in [6, 6.07) is 11.0. The standard InChI is InChI=1S/C24H27N5O4/c1-13(25)12-24(22-28-23(32)33-29-22)19-8-6-17(21(31)26-3)10-15(19)4-5-16-11-18(27-14(2)30)7-9-20(16)24/h6-11,13H,4-5,12,25H2,1-3H3,(H,26,31)(H,27,30)(H,28,29,32)/t13-,24?/m0/s1. The van der Waals surface area contributed by atoms with Gasteiger partial charge in [0.25, 0.3) is 5.91 Å². The lowest BCUT2D eigenvalue weighted by Gasteiger charge is -2.35. The van der Waals surface area contributed by atoms with E-state index in [0.717, 1.165) is 22.3 Å². The molecule has 2 atom stereocenters. The zero-order valence-corrected chi connectivity index (χ0v) is 18.8. The van der Waals surface area contributed by atoms with E-state index in [-0.39, 0.29) is 17.9 Å². The van der Waals surface area contributed by atoms with Gasteiger partial charge in [-0.15, -0.1) is 0 Å². The summed E-state index contributed by atoms with van der Waals surface area (Å²) < 4.78 is 4.93. The van der Waals surface area contributed by atoms with Crippen LogP contribution in [0.1, 0.15) is 58.7 Å². The second-order valence-corrected chi connectivity index (χ2v) is 8.53. The van der Waals surface area contributed by atoms with Gasteiger partial charge in [-0.05, 0) is 72.7 Å². The van der Waals surface area contributed by atoms with Crippen LogP contribution in [0.25, 0.3) is 0 Å². The molecule has 0 fully saturated rings. The number of amides is 2. The minimum absolute atomic E-state index is 0.162. The van der Waals surface area contributed by atoms with Crippen molar-refractivity contribution in [2.24, 2.45) is 5.73 Å². The van der Waals surface area contributed by atoms with Crippen LogP contribution in [0.5, 0.6) is 0 Å². The van der Waals surface area contributed by atoms with Crippen LogP contribution in [-0.2, 0) is 23.1 Å². The molecule has 0 aliphatic heterocycles. The summed E-state index contributed by atoms with van der Waals surface area (Å²) in [5.74, 6) is -0.641. The van der Waals surface area contributed by atoms with Gasteiger partial charge in [0.05, 0.1) is 5.41 Å². The molecule has 1 aliphatic rings. The molecule has 9 heteroatoms. The molecule has 5 N–H and O–H groups in total. The van der Waals surface area contributed by atoms with E-state index in [1.54, 1.807) is 13.1 Å². The van der Waals surface area contributed by atoms with Crippen molar-refractivity contribution in [1.82, 2.24) is 15.5 Å². The molecule has 9 nitrogen and oxygen atoms in total. The molecule has 1 heterocycles. The second-order valence-electron chi connectivity index (χ2n) is 8.53. The first-order chi connectivity index (χ1) is 15.7. The number of carbonyl (C=O) groups is 2. The zero-order chi connectivity index (χ0) is 23.8. The summed E-state index contributed by atoms with van der Waals surface area (Å²) in [7, 11) is 1.59. The van der Waals surface area contributed by atoms with Crippen molar-refractivity contribution in [3.8, 4) is 0 Å². The average molecular weight is 450 g/mol. The number of nitrogens with zero attached hydrogens (tertiary/aromatic N) is 1. The van der Waals surface area contributed by atoms with E-state index in [9.17, 15) is 14.4 Å². The third-order valence-electron chi connectivity index (χ3n) is 6.08. The Morgan fingerprint density at radius 2 is 1.85 bits per heavy atom. The number of aryl methyl sites for hydroxylation is 2. The Labute approximate surface area is 190 Å². The Morgan fingerprint density at radius 1 is 1.18 bits per heavy atom. The van der Waals surface area contributed by atoms with Crippen LogP contribution in [0.15, 0.2) is 45.7 Å². The maximum atomic E-state index is 12.3. The molecule has 3 aromatic rings. The topological polar surface area (TPSA) is 143 Å². The molecule has 1 aliphatic carbocycles. The van der Waals surface area contributed by atoms with Crippen molar-refractivity contribution in [2.45, 2.75) is 44.6 Å². The number of anilines is 1. The summed E-state index contributed by atoms with van der Waals surface area (Å²) in [6.07, 6.45) is 1.75. The molecule has 1 aromatic heterocycles. The molecule has 172 valence electrons. The van der Waals surface area contributed by atoms with Gasteiger partial charge in [-0.2, -0.15) is 0 Å². The van der Waals surface area contributed by atoms with Gasteiger partial charge in [0.2, 0.25) is 5.91 Å². The van der Waals surface area contributed by atoms with Crippen molar-refractivity contribution in [3.63, 3.8) is 0 Å². The first kappa shape index (κ1) is 22.5.